The summed E-state index contributed by atoms with van der Waals surface area (Å²) in [6.07, 6.45) is 5.20. The Morgan fingerprint density at radius 1 is 0.812 bits per heavy atom. The van der Waals surface area contributed by atoms with Crippen LogP contribution in [0, 0.1) is 5.92 Å². The smallest absolute Gasteiger partial charge is 0.309 e. The number of fused-ring (bicyclic) bond motifs is 2. The lowest BCUT2D eigenvalue weighted by Gasteiger charge is -2.36. The van der Waals surface area contributed by atoms with Crippen LogP contribution in [0.2, 0.25) is 0 Å². The second-order valence-electron chi connectivity index (χ2n) is 11.8. The lowest BCUT2D eigenvalue weighted by Crippen LogP contribution is -2.49. The topological polar surface area (TPSA) is 102 Å². The molecule has 0 aliphatic carbocycles. The van der Waals surface area contributed by atoms with Crippen molar-refractivity contribution in [1.82, 2.24) is 4.90 Å². The predicted molar refractivity (Wildman–Crippen MR) is 192 cm³/mol. The molecule has 0 bridgehead atoms. The fraction of sp³-hybridized carbons (Fsp3) is 0.316. The van der Waals surface area contributed by atoms with Crippen LogP contribution in [0.1, 0.15) is 54.1 Å². The molecule has 0 saturated carbocycles. The Morgan fingerprint density at radius 3 is 1.90 bits per heavy atom. The number of hydrogen-bond acceptors (Lipinski definition) is 9. The van der Waals surface area contributed by atoms with Crippen LogP contribution in [0.3, 0.4) is 0 Å². The quantitative estimate of drug-likeness (QED) is 0.0893. The standard InChI is InChI=1S/C21H23NO4S.C17H16O3S/c1-2-3-8-25-16-4-6-18-14(9-16)10-19(26-18)20-7-5-17(27-20)13-22-11-15(12-22)21(23)24;1-2-3-8-19-13-4-6-15-12(9-13)10-16(20-15)17-7-5-14(11-18)21-17/h4-7,9-10,15H,2-3,8,11-13H2,1H3,(H,23,24);4-7,9-11H,2-3,8H2,1H3. The third-order valence-corrected chi connectivity index (χ3v) is 10.2. The number of carbonyl (C=O) groups excluding carboxylic acids is 1. The van der Waals surface area contributed by atoms with Gasteiger partial charge in [0.05, 0.1) is 33.8 Å². The molecule has 10 heteroatoms. The molecule has 0 spiro atoms. The van der Waals surface area contributed by atoms with E-state index in [0.29, 0.717) is 18.0 Å². The minimum atomic E-state index is -0.696. The van der Waals surface area contributed by atoms with Crippen LogP contribution in [-0.2, 0) is 11.3 Å². The molecule has 4 aromatic heterocycles. The summed E-state index contributed by atoms with van der Waals surface area (Å²) in [6.45, 7) is 7.83. The number of carbonyl (C=O) groups is 2. The molecule has 5 heterocycles. The summed E-state index contributed by atoms with van der Waals surface area (Å²) in [5.74, 6) is 2.48. The summed E-state index contributed by atoms with van der Waals surface area (Å²) >= 11 is 3.12. The summed E-state index contributed by atoms with van der Waals surface area (Å²) in [5.41, 5.74) is 1.68. The van der Waals surface area contributed by atoms with Gasteiger partial charge in [0.1, 0.15) is 34.2 Å². The average molecular weight is 686 g/mol. The highest BCUT2D eigenvalue weighted by Crippen LogP contribution is 2.36. The molecule has 250 valence electrons. The Kier molecular flexibility index (Phi) is 10.9. The molecule has 48 heavy (non-hydrogen) atoms. The van der Waals surface area contributed by atoms with Crippen LogP contribution in [-0.4, -0.2) is 48.6 Å². The Bertz CT molecular complexity index is 1980. The monoisotopic (exact) mass is 685 g/mol. The fourth-order valence-corrected chi connectivity index (χ4v) is 7.13. The highest BCUT2D eigenvalue weighted by Gasteiger charge is 2.32. The number of aldehydes is 1. The van der Waals surface area contributed by atoms with Gasteiger partial charge in [-0.3, -0.25) is 14.5 Å². The first-order valence-corrected chi connectivity index (χ1v) is 18.0. The van der Waals surface area contributed by atoms with Gasteiger partial charge < -0.3 is 23.4 Å². The van der Waals surface area contributed by atoms with Gasteiger partial charge in [-0.2, -0.15) is 0 Å². The van der Waals surface area contributed by atoms with Crippen molar-refractivity contribution in [2.45, 2.75) is 46.1 Å². The second-order valence-corrected chi connectivity index (χ2v) is 14.1. The van der Waals surface area contributed by atoms with Crippen LogP contribution in [0.4, 0.5) is 0 Å². The number of likely N-dealkylation sites (tertiary alicyclic amines) is 1. The third-order valence-electron chi connectivity index (χ3n) is 8.08. The highest BCUT2D eigenvalue weighted by molar-refractivity contribution is 7.17. The van der Waals surface area contributed by atoms with Crippen LogP contribution in [0.15, 0.2) is 81.6 Å². The number of hydrogen-bond donors (Lipinski definition) is 1. The van der Waals surface area contributed by atoms with E-state index in [2.05, 4.69) is 36.9 Å². The molecule has 2 aromatic carbocycles. The van der Waals surface area contributed by atoms with Gasteiger partial charge in [-0.25, -0.2) is 0 Å². The first-order valence-electron chi connectivity index (χ1n) is 16.3. The van der Waals surface area contributed by atoms with E-state index in [-0.39, 0.29) is 5.92 Å². The lowest BCUT2D eigenvalue weighted by molar-refractivity contribution is -0.147. The second kappa shape index (κ2) is 15.7. The zero-order valence-corrected chi connectivity index (χ0v) is 28.7. The van der Waals surface area contributed by atoms with E-state index < -0.39 is 5.97 Å². The number of carboxylic acids is 1. The van der Waals surface area contributed by atoms with Crippen LogP contribution in [0.25, 0.3) is 43.2 Å². The summed E-state index contributed by atoms with van der Waals surface area (Å²) in [6, 6.07) is 23.7. The maximum absolute atomic E-state index is 10.9. The Balaban J connectivity index is 0.000000173. The summed E-state index contributed by atoms with van der Waals surface area (Å²) in [5, 5.41) is 11.0. The average Bonchev–Trinajstić information content (AvgIpc) is 3.88. The number of aliphatic carboxylic acids is 1. The summed E-state index contributed by atoms with van der Waals surface area (Å²) < 4.78 is 23.3. The number of unbranched alkanes of at least 4 members (excludes halogenated alkanes) is 2. The molecule has 0 unspecified atom stereocenters. The van der Waals surface area contributed by atoms with E-state index >= 15 is 0 Å². The van der Waals surface area contributed by atoms with E-state index in [1.165, 1.54) is 16.2 Å². The lowest BCUT2D eigenvalue weighted by atomic mass is 10.0. The van der Waals surface area contributed by atoms with Crippen molar-refractivity contribution in [3.63, 3.8) is 0 Å². The molecule has 1 aliphatic rings. The van der Waals surface area contributed by atoms with Crippen LogP contribution >= 0.6 is 22.7 Å². The van der Waals surface area contributed by atoms with Crippen molar-refractivity contribution >= 4 is 56.9 Å². The molecular formula is C38H39NO7S2. The number of carboxylic acid groups (broad SMARTS) is 1. The fourth-order valence-electron chi connectivity index (χ4n) is 5.35. The number of ether oxygens (including phenoxy) is 2. The van der Waals surface area contributed by atoms with Gasteiger partial charge in [0, 0.05) is 35.3 Å². The van der Waals surface area contributed by atoms with E-state index in [1.807, 2.05) is 48.5 Å². The van der Waals surface area contributed by atoms with Crippen LogP contribution in [0.5, 0.6) is 11.5 Å². The van der Waals surface area contributed by atoms with Crippen molar-refractivity contribution in [2.24, 2.45) is 5.92 Å². The molecule has 8 nitrogen and oxygen atoms in total. The van der Waals surface area contributed by atoms with Crippen molar-refractivity contribution < 1.29 is 33.0 Å². The molecule has 7 rings (SSSR count). The Morgan fingerprint density at radius 2 is 1.38 bits per heavy atom. The molecule has 0 amide bonds. The number of furan rings is 2. The van der Waals surface area contributed by atoms with Gasteiger partial charge in [-0.1, -0.05) is 26.7 Å². The van der Waals surface area contributed by atoms with E-state index in [0.717, 1.165) is 106 Å². The molecule has 1 N–H and O–H groups in total. The van der Waals surface area contributed by atoms with Gasteiger partial charge >= 0.3 is 5.97 Å². The minimum absolute atomic E-state index is 0.214. The first-order chi connectivity index (χ1) is 23.4. The maximum Gasteiger partial charge on any atom is 0.309 e. The van der Waals surface area contributed by atoms with Gasteiger partial charge in [-0.05, 0) is 85.6 Å². The van der Waals surface area contributed by atoms with E-state index in [9.17, 15) is 9.59 Å². The third kappa shape index (κ3) is 8.18. The molecule has 1 saturated heterocycles. The number of thiophene rings is 2. The molecule has 0 atom stereocenters. The number of rotatable bonds is 14. The minimum Gasteiger partial charge on any atom is -0.494 e. The van der Waals surface area contributed by atoms with Crippen molar-refractivity contribution in [3.8, 4) is 32.8 Å². The summed E-state index contributed by atoms with van der Waals surface area (Å²) in [4.78, 5) is 27.8. The van der Waals surface area contributed by atoms with E-state index in [4.69, 9.17) is 23.4 Å². The molecule has 0 radical (unpaired) electrons. The van der Waals surface area contributed by atoms with Crippen molar-refractivity contribution in [2.75, 3.05) is 26.3 Å². The van der Waals surface area contributed by atoms with Gasteiger partial charge in [0.15, 0.2) is 6.29 Å². The molecule has 1 aliphatic heterocycles. The summed E-state index contributed by atoms with van der Waals surface area (Å²) in [7, 11) is 0. The van der Waals surface area contributed by atoms with Crippen molar-refractivity contribution in [3.05, 3.63) is 82.6 Å². The molecular weight excluding hydrogens is 647 g/mol. The SMILES string of the molecule is CCCCOc1ccc2oc(-c3ccc(C=O)s3)cc2c1.CCCCOc1ccc2oc(-c3ccc(CN4CC(C(=O)O)C4)s3)cc2c1. The molecule has 1 fully saturated rings. The van der Waals surface area contributed by atoms with Crippen molar-refractivity contribution in [1.29, 1.82) is 0 Å². The highest BCUT2D eigenvalue weighted by atomic mass is 32.1. The molecule has 6 aromatic rings. The Hall–Kier alpha value is -4.38. The van der Waals surface area contributed by atoms with Gasteiger partial charge in [-0.15, -0.1) is 22.7 Å². The Labute approximate surface area is 287 Å². The maximum atomic E-state index is 10.9. The number of benzene rings is 2. The van der Waals surface area contributed by atoms with Crippen LogP contribution < -0.4 is 9.47 Å². The van der Waals surface area contributed by atoms with Gasteiger partial charge in [0.25, 0.3) is 0 Å². The van der Waals surface area contributed by atoms with E-state index in [1.54, 1.807) is 17.4 Å². The first kappa shape index (κ1) is 33.5. The van der Waals surface area contributed by atoms with Gasteiger partial charge in [0.2, 0.25) is 0 Å². The zero-order valence-electron chi connectivity index (χ0n) is 27.1. The largest absolute Gasteiger partial charge is 0.494 e. The zero-order chi connectivity index (χ0) is 33.5. The number of nitrogens with zero attached hydrogens (tertiary/aromatic N) is 1. The normalized spacial score (nSPS) is 13.3. The predicted octanol–water partition coefficient (Wildman–Crippen LogP) is 10.0.